The molecule has 3 aromatic rings. The zero-order valence-electron chi connectivity index (χ0n) is 17.9. The van der Waals surface area contributed by atoms with Crippen molar-refractivity contribution in [2.45, 2.75) is 17.9 Å². The molecule has 5 rings (SSSR count). The molecule has 0 radical (unpaired) electrons. The summed E-state index contributed by atoms with van der Waals surface area (Å²) >= 11 is 1.16. The third kappa shape index (κ3) is 4.02. The molecule has 0 atom stereocenters. The van der Waals surface area contributed by atoms with Gasteiger partial charge in [-0.15, -0.1) is 11.3 Å². The lowest BCUT2D eigenvalue weighted by atomic mass is 9.94. The Morgan fingerprint density at radius 3 is 2.32 bits per heavy atom. The van der Waals surface area contributed by atoms with Crippen LogP contribution in [0.3, 0.4) is 0 Å². The molecule has 1 aromatic heterocycles. The van der Waals surface area contributed by atoms with E-state index in [-0.39, 0.29) is 37.9 Å². The molecule has 10 heteroatoms. The molecule has 174 valence electrons. The lowest BCUT2D eigenvalue weighted by Gasteiger charge is -2.43. The van der Waals surface area contributed by atoms with Crippen molar-refractivity contribution in [2.24, 2.45) is 0 Å². The molecule has 1 aliphatic carbocycles. The van der Waals surface area contributed by atoms with Crippen LogP contribution in [0.5, 0.6) is 0 Å². The smallest absolute Gasteiger partial charge is 0.413 e. The number of carboxylic acid groups (broad SMARTS) is 1. The van der Waals surface area contributed by atoms with E-state index < -0.39 is 17.7 Å². The predicted octanol–water partition coefficient (Wildman–Crippen LogP) is 2.70. The normalized spacial score (nSPS) is 15.7. The summed E-state index contributed by atoms with van der Waals surface area (Å²) in [6, 6.07) is 16.1. The van der Waals surface area contributed by atoms with Gasteiger partial charge in [0.1, 0.15) is 6.61 Å². The molecule has 2 amide bonds. The van der Waals surface area contributed by atoms with E-state index in [0.717, 1.165) is 33.6 Å². The maximum Gasteiger partial charge on any atom is 0.413 e. The topological polar surface area (TPSA) is 129 Å². The number of likely N-dealkylation sites (tertiary alicyclic amines) is 1. The zero-order valence-corrected chi connectivity index (χ0v) is 18.7. The van der Waals surface area contributed by atoms with Gasteiger partial charge in [-0.25, -0.2) is 14.6 Å². The van der Waals surface area contributed by atoms with Crippen molar-refractivity contribution in [2.75, 3.05) is 25.0 Å². The SMILES string of the molecule is O=C(Nc1nc(CC(=O)N2CC(O)(C(=O)O)C2)cs1)OCC1c2ccccc2-c2ccccc21. The Bertz CT molecular complexity index is 1240. The van der Waals surface area contributed by atoms with Crippen molar-refractivity contribution in [1.82, 2.24) is 9.88 Å². The van der Waals surface area contributed by atoms with E-state index >= 15 is 0 Å². The number of hydrogen-bond donors (Lipinski definition) is 3. The molecule has 34 heavy (non-hydrogen) atoms. The lowest BCUT2D eigenvalue weighted by molar-refractivity contribution is -0.181. The number of fused-ring (bicyclic) bond motifs is 3. The number of carbonyl (C=O) groups is 3. The van der Waals surface area contributed by atoms with Crippen molar-refractivity contribution in [3.05, 3.63) is 70.7 Å². The summed E-state index contributed by atoms with van der Waals surface area (Å²) in [5.41, 5.74) is 3.08. The summed E-state index contributed by atoms with van der Waals surface area (Å²) in [6.45, 7) is -0.329. The van der Waals surface area contributed by atoms with Gasteiger partial charge < -0.3 is 19.8 Å². The third-order valence-corrected chi connectivity index (χ3v) is 6.90. The largest absolute Gasteiger partial charge is 0.479 e. The summed E-state index contributed by atoms with van der Waals surface area (Å²) in [5.74, 6) is -1.74. The number of nitrogens with one attached hydrogen (secondary N) is 1. The maximum absolute atomic E-state index is 12.4. The average molecular weight is 480 g/mol. The van der Waals surface area contributed by atoms with Gasteiger partial charge in [-0.2, -0.15) is 0 Å². The van der Waals surface area contributed by atoms with Crippen LogP contribution in [0.4, 0.5) is 9.93 Å². The molecule has 2 heterocycles. The van der Waals surface area contributed by atoms with Crippen LogP contribution in [0.15, 0.2) is 53.9 Å². The zero-order chi connectivity index (χ0) is 23.9. The molecule has 2 aliphatic rings. The number of rotatable bonds is 6. The third-order valence-electron chi connectivity index (χ3n) is 6.09. The number of amides is 2. The van der Waals surface area contributed by atoms with Gasteiger partial charge in [0.05, 0.1) is 25.2 Å². The van der Waals surface area contributed by atoms with Crippen molar-refractivity contribution in [3.63, 3.8) is 0 Å². The quantitative estimate of drug-likeness (QED) is 0.496. The first kappa shape index (κ1) is 22.1. The van der Waals surface area contributed by atoms with E-state index in [9.17, 15) is 19.5 Å². The van der Waals surface area contributed by atoms with E-state index in [1.54, 1.807) is 5.38 Å². The summed E-state index contributed by atoms with van der Waals surface area (Å²) < 4.78 is 5.50. The maximum atomic E-state index is 12.4. The second-order valence-corrected chi connectivity index (χ2v) is 9.22. The van der Waals surface area contributed by atoms with Gasteiger partial charge in [0.15, 0.2) is 10.7 Å². The molecule has 0 spiro atoms. The standard InChI is InChI=1S/C24H21N3O6S/c28-20(27-12-24(32,13-27)21(29)30)9-14-11-34-22(25-14)26-23(31)33-10-19-17-7-3-1-5-15(17)16-6-2-4-8-18(16)19/h1-8,11,19,32H,9-10,12-13H2,(H,29,30)(H,25,26,31). The Morgan fingerprint density at radius 2 is 1.71 bits per heavy atom. The highest BCUT2D eigenvalue weighted by Crippen LogP contribution is 2.44. The van der Waals surface area contributed by atoms with Crippen LogP contribution < -0.4 is 5.32 Å². The van der Waals surface area contributed by atoms with Crippen LogP contribution in [0, 0.1) is 0 Å². The summed E-state index contributed by atoms with van der Waals surface area (Å²) in [5, 5.41) is 23.2. The molecule has 1 saturated heterocycles. The highest BCUT2D eigenvalue weighted by Gasteiger charge is 2.49. The lowest BCUT2D eigenvalue weighted by Crippen LogP contribution is -2.67. The van der Waals surface area contributed by atoms with Gasteiger partial charge in [-0.3, -0.25) is 10.1 Å². The number of hydrogen-bond acceptors (Lipinski definition) is 7. The van der Waals surface area contributed by atoms with E-state index in [2.05, 4.69) is 22.4 Å². The number of carboxylic acids is 1. The first-order chi connectivity index (χ1) is 16.3. The second kappa shape index (κ2) is 8.54. The van der Waals surface area contributed by atoms with Crippen LogP contribution in [0.25, 0.3) is 11.1 Å². The number of anilines is 1. The highest BCUT2D eigenvalue weighted by atomic mass is 32.1. The minimum atomic E-state index is -1.88. The van der Waals surface area contributed by atoms with Crippen LogP contribution in [0.2, 0.25) is 0 Å². The van der Waals surface area contributed by atoms with Gasteiger partial charge in [-0.05, 0) is 22.3 Å². The van der Waals surface area contributed by atoms with Crippen LogP contribution in [0.1, 0.15) is 22.7 Å². The number of β-amino-alcohol motifs (C(OH)–C–C–N with tert-alkyl or cyclic N) is 1. The second-order valence-electron chi connectivity index (χ2n) is 8.36. The molecule has 0 bridgehead atoms. The number of aromatic nitrogens is 1. The first-order valence-electron chi connectivity index (χ1n) is 10.6. The van der Waals surface area contributed by atoms with E-state index in [1.807, 2.05) is 36.4 Å². The molecule has 1 aliphatic heterocycles. The van der Waals surface area contributed by atoms with E-state index in [4.69, 9.17) is 9.84 Å². The van der Waals surface area contributed by atoms with Crippen molar-refractivity contribution < 1.29 is 29.3 Å². The molecule has 2 aromatic carbocycles. The van der Waals surface area contributed by atoms with Crippen molar-refractivity contribution >= 4 is 34.4 Å². The van der Waals surface area contributed by atoms with Gasteiger partial charge >= 0.3 is 12.1 Å². The number of benzene rings is 2. The summed E-state index contributed by atoms with van der Waals surface area (Å²) in [6.07, 6.45) is -0.693. The minimum Gasteiger partial charge on any atom is -0.479 e. The minimum absolute atomic E-state index is 0.0522. The Hall–Kier alpha value is -3.76. The molecule has 1 fully saturated rings. The Balaban J connectivity index is 1.15. The number of nitrogens with zero attached hydrogens (tertiary/aromatic N) is 2. The fourth-order valence-corrected chi connectivity index (χ4v) is 5.03. The van der Waals surface area contributed by atoms with Crippen LogP contribution in [-0.2, 0) is 20.7 Å². The molecule has 0 unspecified atom stereocenters. The summed E-state index contributed by atoms with van der Waals surface area (Å²) in [4.78, 5) is 41.1. The summed E-state index contributed by atoms with van der Waals surface area (Å²) in [7, 11) is 0. The molecular formula is C24H21N3O6S. The van der Waals surface area contributed by atoms with Gasteiger partial charge in [-0.1, -0.05) is 48.5 Å². The van der Waals surface area contributed by atoms with Crippen molar-refractivity contribution in [1.29, 1.82) is 0 Å². The molecular weight excluding hydrogens is 458 g/mol. The number of thiazole rings is 1. The Labute approximate surface area is 198 Å². The van der Waals surface area contributed by atoms with E-state index in [0.29, 0.717) is 10.8 Å². The van der Waals surface area contributed by atoms with Crippen LogP contribution >= 0.6 is 11.3 Å². The first-order valence-corrected chi connectivity index (χ1v) is 11.5. The highest BCUT2D eigenvalue weighted by molar-refractivity contribution is 7.13. The van der Waals surface area contributed by atoms with E-state index in [1.165, 1.54) is 4.90 Å². The molecule has 9 nitrogen and oxygen atoms in total. The number of carbonyl (C=O) groups excluding carboxylic acids is 2. The number of aliphatic carboxylic acids is 1. The Morgan fingerprint density at radius 1 is 1.09 bits per heavy atom. The number of ether oxygens (including phenoxy) is 1. The van der Waals surface area contributed by atoms with Crippen LogP contribution in [-0.4, -0.2) is 63.4 Å². The molecule has 0 saturated carbocycles. The molecule has 3 N–H and O–H groups in total. The van der Waals surface area contributed by atoms with Crippen molar-refractivity contribution in [3.8, 4) is 11.1 Å². The number of aliphatic hydroxyl groups is 1. The fraction of sp³-hybridized carbons (Fsp3) is 0.250. The fourth-order valence-electron chi connectivity index (χ4n) is 4.33. The Kier molecular flexibility index (Phi) is 5.54. The van der Waals surface area contributed by atoms with Gasteiger partial charge in [0.25, 0.3) is 0 Å². The van der Waals surface area contributed by atoms with Gasteiger partial charge in [0.2, 0.25) is 5.91 Å². The average Bonchev–Trinajstić information content (AvgIpc) is 3.37. The monoisotopic (exact) mass is 479 g/mol. The van der Waals surface area contributed by atoms with Gasteiger partial charge in [0, 0.05) is 11.3 Å². The predicted molar refractivity (Wildman–Crippen MR) is 124 cm³/mol.